The van der Waals surface area contributed by atoms with Crippen LogP contribution in [0.15, 0.2) is 21.5 Å². The Bertz CT molecular complexity index is 635. The molecule has 2 fully saturated rings. The first-order valence-electron chi connectivity index (χ1n) is 6.16. The van der Waals surface area contributed by atoms with Gasteiger partial charge in [-0.15, -0.1) is 0 Å². The van der Waals surface area contributed by atoms with Crippen molar-refractivity contribution in [2.24, 2.45) is 5.92 Å². The number of piperidine rings is 1. The molecule has 1 aliphatic heterocycles. The van der Waals surface area contributed by atoms with E-state index in [1.165, 1.54) is 10.4 Å². The lowest BCUT2D eigenvalue weighted by molar-refractivity contribution is 0.332. The minimum atomic E-state index is -3.78. The SMILES string of the molecule is Nc1cc(S(=O)(=O)N2CC3CCC2C3)c(F)cc1Br. The van der Waals surface area contributed by atoms with Crippen molar-refractivity contribution in [3.05, 3.63) is 22.4 Å². The van der Waals surface area contributed by atoms with Crippen LogP contribution < -0.4 is 5.73 Å². The lowest BCUT2D eigenvalue weighted by atomic mass is 10.1. The van der Waals surface area contributed by atoms with Crippen molar-refractivity contribution in [1.29, 1.82) is 0 Å². The minimum Gasteiger partial charge on any atom is -0.398 e. The number of nitrogens with two attached hydrogens (primary N) is 1. The van der Waals surface area contributed by atoms with Crippen molar-refractivity contribution in [2.75, 3.05) is 12.3 Å². The third-order valence-electron chi connectivity index (χ3n) is 4.00. The predicted molar refractivity (Wildman–Crippen MR) is 73.5 cm³/mol. The second-order valence-electron chi connectivity index (χ2n) is 5.21. The summed E-state index contributed by atoms with van der Waals surface area (Å²) in [7, 11) is -3.78. The summed E-state index contributed by atoms with van der Waals surface area (Å²) < 4.78 is 40.8. The molecule has 0 radical (unpaired) electrons. The van der Waals surface area contributed by atoms with E-state index in [1.54, 1.807) is 0 Å². The molecule has 7 heteroatoms. The summed E-state index contributed by atoms with van der Waals surface area (Å²) in [5.74, 6) is -0.334. The van der Waals surface area contributed by atoms with Crippen molar-refractivity contribution < 1.29 is 12.8 Å². The van der Waals surface area contributed by atoms with Gasteiger partial charge in [-0.1, -0.05) is 0 Å². The molecule has 19 heavy (non-hydrogen) atoms. The van der Waals surface area contributed by atoms with Gasteiger partial charge in [-0.25, -0.2) is 12.8 Å². The molecule has 0 amide bonds. The van der Waals surface area contributed by atoms with Crippen LogP contribution in [0.5, 0.6) is 0 Å². The quantitative estimate of drug-likeness (QED) is 0.834. The van der Waals surface area contributed by atoms with E-state index in [-0.39, 0.29) is 16.6 Å². The molecule has 2 aliphatic rings. The van der Waals surface area contributed by atoms with Crippen LogP contribution in [0.1, 0.15) is 19.3 Å². The number of hydrogen-bond donors (Lipinski definition) is 1. The number of sulfonamides is 1. The number of rotatable bonds is 2. The Morgan fingerprint density at radius 3 is 2.68 bits per heavy atom. The maximum absolute atomic E-state index is 13.9. The normalized spacial score (nSPS) is 27.1. The fraction of sp³-hybridized carbons (Fsp3) is 0.500. The van der Waals surface area contributed by atoms with Crippen molar-refractivity contribution in [2.45, 2.75) is 30.2 Å². The van der Waals surface area contributed by atoms with E-state index in [0.29, 0.717) is 16.9 Å². The van der Waals surface area contributed by atoms with Crippen LogP contribution in [0.2, 0.25) is 0 Å². The fourth-order valence-electron chi connectivity index (χ4n) is 3.04. The predicted octanol–water partition coefficient (Wildman–Crippen LogP) is 2.34. The van der Waals surface area contributed by atoms with Crippen LogP contribution in [0.3, 0.4) is 0 Å². The summed E-state index contributed by atoms with van der Waals surface area (Å²) in [6, 6.07) is 2.33. The molecule has 2 unspecified atom stereocenters. The van der Waals surface area contributed by atoms with Gasteiger partial charge >= 0.3 is 0 Å². The number of fused-ring (bicyclic) bond motifs is 2. The number of nitrogen functional groups attached to an aromatic ring is 1. The molecular weight excluding hydrogens is 335 g/mol. The van der Waals surface area contributed by atoms with Gasteiger partial charge in [0.15, 0.2) is 0 Å². The van der Waals surface area contributed by atoms with Crippen LogP contribution in [0.25, 0.3) is 0 Å². The van der Waals surface area contributed by atoms with Crippen molar-refractivity contribution in [1.82, 2.24) is 4.31 Å². The minimum absolute atomic E-state index is 0.0271. The number of halogens is 2. The number of nitrogens with zero attached hydrogens (tertiary/aromatic N) is 1. The first-order valence-corrected chi connectivity index (χ1v) is 8.39. The van der Waals surface area contributed by atoms with E-state index in [1.807, 2.05) is 0 Å². The highest BCUT2D eigenvalue weighted by Crippen LogP contribution is 2.41. The van der Waals surface area contributed by atoms with Gasteiger partial charge in [0, 0.05) is 22.7 Å². The average Bonchev–Trinajstić information content (AvgIpc) is 2.95. The van der Waals surface area contributed by atoms with Crippen molar-refractivity contribution in [3.8, 4) is 0 Å². The zero-order chi connectivity index (χ0) is 13.8. The highest BCUT2D eigenvalue weighted by molar-refractivity contribution is 9.10. The number of hydrogen-bond acceptors (Lipinski definition) is 3. The highest BCUT2D eigenvalue weighted by atomic mass is 79.9. The molecule has 2 N–H and O–H groups in total. The second kappa shape index (κ2) is 4.43. The monoisotopic (exact) mass is 348 g/mol. The van der Waals surface area contributed by atoms with E-state index in [9.17, 15) is 12.8 Å². The number of benzene rings is 1. The zero-order valence-corrected chi connectivity index (χ0v) is 12.5. The smallest absolute Gasteiger partial charge is 0.246 e. The Hall–Kier alpha value is -0.660. The summed E-state index contributed by atoms with van der Waals surface area (Å²) in [6.07, 6.45) is 2.84. The van der Waals surface area contributed by atoms with E-state index in [4.69, 9.17) is 5.73 Å². The van der Waals surface area contributed by atoms with Gasteiger partial charge in [-0.05, 0) is 53.2 Å². The Balaban J connectivity index is 2.03. The van der Waals surface area contributed by atoms with Gasteiger partial charge in [0.2, 0.25) is 10.0 Å². The van der Waals surface area contributed by atoms with E-state index >= 15 is 0 Å². The first kappa shape index (κ1) is 13.3. The highest BCUT2D eigenvalue weighted by Gasteiger charge is 2.45. The van der Waals surface area contributed by atoms with Gasteiger partial charge in [0.25, 0.3) is 0 Å². The molecule has 1 aromatic rings. The van der Waals surface area contributed by atoms with E-state index in [0.717, 1.165) is 25.3 Å². The van der Waals surface area contributed by atoms with E-state index < -0.39 is 15.8 Å². The fourth-order valence-corrected chi connectivity index (χ4v) is 5.18. The van der Waals surface area contributed by atoms with E-state index in [2.05, 4.69) is 15.9 Å². The van der Waals surface area contributed by atoms with Crippen LogP contribution >= 0.6 is 15.9 Å². The lowest BCUT2D eigenvalue weighted by Crippen LogP contribution is -2.38. The number of anilines is 1. The molecule has 1 aliphatic carbocycles. The molecule has 2 bridgehead atoms. The molecular formula is C12H14BrFN2O2S. The molecule has 0 aromatic heterocycles. The molecule has 4 nitrogen and oxygen atoms in total. The van der Waals surface area contributed by atoms with Crippen LogP contribution in [-0.2, 0) is 10.0 Å². The molecule has 0 spiro atoms. The Kier molecular flexibility index (Phi) is 3.11. The Morgan fingerprint density at radius 1 is 1.37 bits per heavy atom. The Morgan fingerprint density at radius 2 is 2.11 bits per heavy atom. The van der Waals surface area contributed by atoms with Crippen LogP contribution in [-0.4, -0.2) is 25.3 Å². The third kappa shape index (κ3) is 2.08. The summed E-state index contributed by atoms with van der Waals surface area (Å²) >= 11 is 3.09. The maximum Gasteiger partial charge on any atom is 0.246 e. The first-order chi connectivity index (χ1) is 8.89. The van der Waals surface area contributed by atoms with Gasteiger partial charge in [0.05, 0.1) is 0 Å². The molecule has 1 aromatic carbocycles. The second-order valence-corrected chi connectivity index (χ2v) is 7.93. The molecule has 1 saturated heterocycles. The summed E-state index contributed by atoms with van der Waals surface area (Å²) in [5, 5.41) is 0. The summed E-state index contributed by atoms with van der Waals surface area (Å²) in [5.41, 5.74) is 5.89. The molecule has 104 valence electrons. The van der Waals surface area contributed by atoms with Gasteiger partial charge in [0.1, 0.15) is 10.7 Å². The summed E-state index contributed by atoms with van der Waals surface area (Å²) in [4.78, 5) is -0.319. The van der Waals surface area contributed by atoms with Crippen LogP contribution in [0.4, 0.5) is 10.1 Å². The lowest BCUT2D eigenvalue weighted by Gasteiger charge is -2.26. The third-order valence-corrected chi connectivity index (χ3v) is 6.62. The van der Waals surface area contributed by atoms with Crippen molar-refractivity contribution >= 4 is 31.6 Å². The van der Waals surface area contributed by atoms with Crippen LogP contribution in [0, 0.1) is 11.7 Å². The zero-order valence-electron chi connectivity index (χ0n) is 10.1. The van der Waals surface area contributed by atoms with Crippen molar-refractivity contribution in [3.63, 3.8) is 0 Å². The van der Waals surface area contributed by atoms with Gasteiger partial charge in [-0.2, -0.15) is 4.31 Å². The maximum atomic E-state index is 13.9. The van der Waals surface area contributed by atoms with Gasteiger partial charge in [-0.3, -0.25) is 0 Å². The summed E-state index contributed by atoms with van der Waals surface area (Å²) in [6.45, 7) is 0.502. The molecule has 1 heterocycles. The average molecular weight is 349 g/mol. The molecule has 2 atom stereocenters. The topological polar surface area (TPSA) is 63.4 Å². The standard InChI is InChI=1S/C12H14BrFN2O2S/c13-9-4-10(14)12(5-11(9)15)19(17,18)16-6-7-1-2-8(16)3-7/h4-5,7-8H,1-3,6,15H2. The molecule has 3 rings (SSSR count). The Labute approximate surface area is 120 Å². The largest absolute Gasteiger partial charge is 0.398 e. The molecule has 1 saturated carbocycles. The van der Waals surface area contributed by atoms with Gasteiger partial charge < -0.3 is 5.73 Å².